The second kappa shape index (κ2) is 7.29. The van der Waals surface area contributed by atoms with E-state index >= 15 is 0 Å². The minimum absolute atomic E-state index is 0.146. The van der Waals surface area contributed by atoms with E-state index in [9.17, 15) is 9.59 Å². The molecule has 2 amide bonds. The summed E-state index contributed by atoms with van der Waals surface area (Å²) in [5, 5.41) is 10.4. The summed E-state index contributed by atoms with van der Waals surface area (Å²) in [6, 6.07) is 0.203. The number of aromatic amines is 1. The summed E-state index contributed by atoms with van der Waals surface area (Å²) in [7, 11) is 0. The third kappa shape index (κ3) is 4.19. The molecule has 0 saturated heterocycles. The van der Waals surface area contributed by atoms with Gasteiger partial charge in [-0.2, -0.15) is 5.10 Å². The first kappa shape index (κ1) is 18.7. The molecule has 2 N–H and O–H groups in total. The molecule has 26 heavy (non-hydrogen) atoms. The molecule has 1 aliphatic carbocycles. The fraction of sp³-hybridized carbons (Fsp3) is 0.737. The van der Waals surface area contributed by atoms with Crippen molar-refractivity contribution < 1.29 is 14.3 Å². The molecule has 3 rings (SSSR count). The van der Waals surface area contributed by atoms with Crippen LogP contribution in [0.3, 0.4) is 0 Å². The summed E-state index contributed by atoms with van der Waals surface area (Å²) in [5.41, 5.74) is 1.62. The Kier molecular flexibility index (Phi) is 5.25. The summed E-state index contributed by atoms with van der Waals surface area (Å²) >= 11 is 0. The van der Waals surface area contributed by atoms with E-state index in [-0.39, 0.29) is 18.0 Å². The monoisotopic (exact) mass is 362 g/mol. The van der Waals surface area contributed by atoms with Gasteiger partial charge in [0.1, 0.15) is 5.60 Å². The van der Waals surface area contributed by atoms with Crippen LogP contribution in [0.15, 0.2) is 0 Å². The van der Waals surface area contributed by atoms with Gasteiger partial charge >= 0.3 is 6.09 Å². The Bertz CT molecular complexity index is 677. The minimum Gasteiger partial charge on any atom is -0.444 e. The van der Waals surface area contributed by atoms with Gasteiger partial charge in [-0.3, -0.25) is 9.89 Å². The molecule has 1 aliphatic heterocycles. The number of nitrogens with zero attached hydrogens (tertiary/aromatic N) is 2. The second-order valence-electron chi connectivity index (χ2n) is 8.52. The van der Waals surface area contributed by atoms with Crippen molar-refractivity contribution in [2.45, 2.75) is 78.0 Å². The van der Waals surface area contributed by atoms with Crippen LogP contribution in [0.1, 0.15) is 75.1 Å². The van der Waals surface area contributed by atoms with Crippen LogP contribution in [0.4, 0.5) is 4.79 Å². The van der Waals surface area contributed by atoms with E-state index in [0.717, 1.165) is 30.5 Å². The van der Waals surface area contributed by atoms with Crippen LogP contribution in [-0.2, 0) is 17.7 Å². The number of H-pyrrole nitrogens is 1. The summed E-state index contributed by atoms with van der Waals surface area (Å²) < 4.78 is 5.46. The fourth-order valence-corrected chi connectivity index (χ4v) is 3.73. The molecule has 2 unspecified atom stereocenters. The van der Waals surface area contributed by atoms with Gasteiger partial charge in [0.05, 0.1) is 6.54 Å². The van der Waals surface area contributed by atoms with Crippen LogP contribution in [0.25, 0.3) is 0 Å². The van der Waals surface area contributed by atoms with Crippen molar-refractivity contribution in [3.05, 3.63) is 17.0 Å². The summed E-state index contributed by atoms with van der Waals surface area (Å²) in [6.07, 6.45) is 4.85. The van der Waals surface area contributed by atoms with Crippen molar-refractivity contribution in [2.24, 2.45) is 5.92 Å². The first-order valence-electron chi connectivity index (χ1n) is 9.59. The van der Waals surface area contributed by atoms with Crippen molar-refractivity contribution in [1.29, 1.82) is 0 Å². The van der Waals surface area contributed by atoms with Crippen LogP contribution < -0.4 is 5.32 Å². The summed E-state index contributed by atoms with van der Waals surface area (Å²) in [5.74, 6) is 0.341. The molecule has 0 bridgehead atoms. The topological polar surface area (TPSA) is 87.3 Å². The molecule has 2 heterocycles. The van der Waals surface area contributed by atoms with Crippen LogP contribution in [0, 0.1) is 5.92 Å². The summed E-state index contributed by atoms with van der Waals surface area (Å²) in [4.78, 5) is 26.8. The zero-order valence-corrected chi connectivity index (χ0v) is 16.2. The van der Waals surface area contributed by atoms with Crippen LogP contribution >= 0.6 is 0 Å². The van der Waals surface area contributed by atoms with Gasteiger partial charge in [0.25, 0.3) is 5.91 Å². The van der Waals surface area contributed by atoms with Crippen LogP contribution in [0.5, 0.6) is 0 Å². The zero-order chi connectivity index (χ0) is 18.9. The largest absolute Gasteiger partial charge is 0.444 e. The molecule has 1 aromatic rings. The molecular formula is C19H30N4O3. The van der Waals surface area contributed by atoms with E-state index in [1.807, 2.05) is 20.8 Å². The maximum absolute atomic E-state index is 12.8. The molecule has 2 atom stereocenters. The Morgan fingerprint density at radius 1 is 1.27 bits per heavy atom. The third-order valence-electron chi connectivity index (χ3n) is 5.23. The first-order valence-corrected chi connectivity index (χ1v) is 9.59. The number of hydrogen-bond acceptors (Lipinski definition) is 4. The van der Waals surface area contributed by atoms with Gasteiger partial charge in [-0.1, -0.05) is 19.8 Å². The van der Waals surface area contributed by atoms with Crippen molar-refractivity contribution >= 4 is 12.0 Å². The predicted octanol–water partition coefficient (Wildman–Crippen LogP) is 3.01. The number of carbonyl (C=O) groups excluding carboxylic acids is 2. The molecule has 1 aromatic heterocycles. The SMILES string of the molecule is CC1CCCCC1NC(=O)c1n[nH]c2c1CN(C(=O)OC(C)(C)C)CC2. The Hall–Kier alpha value is -2.05. The lowest BCUT2D eigenvalue weighted by Gasteiger charge is -2.31. The normalized spacial score (nSPS) is 23.3. The molecule has 1 fully saturated rings. The lowest BCUT2D eigenvalue weighted by molar-refractivity contribution is 0.0222. The molecule has 0 spiro atoms. The zero-order valence-electron chi connectivity index (χ0n) is 16.2. The highest BCUT2D eigenvalue weighted by molar-refractivity contribution is 5.94. The highest BCUT2D eigenvalue weighted by Gasteiger charge is 2.31. The molecule has 0 radical (unpaired) electrons. The number of rotatable bonds is 2. The van der Waals surface area contributed by atoms with E-state index in [1.54, 1.807) is 4.90 Å². The van der Waals surface area contributed by atoms with Gasteiger partial charge in [-0.25, -0.2) is 4.79 Å². The first-order chi connectivity index (χ1) is 12.2. The standard InChI is InChI=1S/C19H30N4O3/c1-12-7-5-6-8-14(12)20-17(24)16-13-11-23(10-9-15(13)21-22-16)18(25)26-19(2,3)4/h12,14H,5-11H2,1-4H3,(H,20,24)(H,21,22). The van der Waals surface area contributed by atoms with Gasteiger partial charge in [-0.15, -0.1) is 0 Å². The van der Waals surface area contributed by atoms with Crippen LogP contribution in [0.2, 0.25) is 0 Å². The van der Waals surface area contributed by atoms with Gasteiger partial charge < -0.3 is 15.0 Å². The molecule has 0 aromatic carbocycles. The van der Waals surface area contributed by atoms with E-state index in [0.29, 0.717) is 31.1 Å². The maximum atomic E-state index is 12.8. The maximum Gasteiger partial charge on any atom is 0.410 e. The van der Waals surface area contributed by atoms with Crippen molar-refractivity contribution in [2.75, 3.05) is 6.54 Å². The highest BCUT2D eigenvalue weighted by Crippen LogP contribution is 2.26. The van der Waals surface area contributed by atoms with E-state index in [4.69, 9.17) is 4.74 Å². The van der Waals surface area contributed by atoms with Gasteiger partial charge in [0.15, 0.2) is 5.69 Å². The average Bonchev–Trinajstić information content (AvgIpc) is 2.98. The Labute approximate surface area is 154 Å². The van der Waals surface area contributed by atoms with Gasteiger partial charge in [0, 0.05) is 30.3 Å². The van der Waals surface area contributed by atoms with Crippen molar-refractivity contribution in [1.82, 2.24) is 20.4 Å². The third-order valence-corrected chi connectivity index (χ3v) is 5.23. The molecular weight excluding hydrogens is 332 g/mol. The van der Waals surface area contributed by atoms with Crippen LogP contribution in [-0.4, -0.2) is 45.3 Å². The average molecular weight is 362 g/mol. The molecule has 1 saturated carbocycles. The molecule has 144 valence electrons. The number of nitrogens with one attached hydrogen (secondary N) is 2. The van der Waals surface area contributed by atoms with Gasteiger partial charge in [-0.05, 0) is 39.5 Å². The Morgan fingerprint density at radius 3 is 2.69 bits per heavy atom. The van der Waals surface area contributed by atoms with Crippen molar-refractivity contribution in [3.8, 4) is 0 Å². The highest BCUT2D eigenvalue weighted by atomic mass is 16.6. The van der Waals surface area contributed by atoms with Crippen molar-refractivity contribution in [3.63, 3.8) is 0 Å². The number of hydrogen-bond donors (Lipinski definition) is 2. The molecule has 2 aliphatic rings. The van der Waals surface area contributed by atoms with Gasteiger partial charge in [0.2, 0.25) is 0 Å². The van der Waals surface area contributed by atoms with E-state index < -0.39 is 5.60 Å². The Balaban J connectivity index is 1.69. The number of aromatic nitrogens is 2. The molecule has 7 nitrogen and oxygen atoms in total. The number of fused-ring (bicyclic) bond motifs is 1. The Morgan fingerprint density at radius 2 is 2.00 bits per heavy atom. The van der Waals surface area contributed by atoms with E-state index in [1.165, 1.54) is 6.42 Å². The molecule has 7 heteroatoms. The number of carbonyl (C=O) groups is 2. The number of amides is 2. The fourth-order valence-electron chi connectivity index (χ4n) is 3.73. The van der Waals surface area contributed by atoms with E-state index in [2.05, 4.69) is 22.4 Å². The minimum atomic E-state index is -0.537. The smallest absolute Gasteiger partial charge is 0.410 e. The second-order valence-corrected chi connectivity index (χ2v) is 8.52. The number of ether oxygens (including phenoxy) is 1. The predicted molar refractivity (Wildman–Crippen MR) is 97.8 cm³/mol. The lowest BCUT2D eigenvalue weighted by atomic mass is 9.86. The lowest BCUT2D eigenvalue weighted by Crippen LogP contribution is -2.42. The summed E-state index contributed by atoms with van der Waals surface area (Å²) in [6.45, 7) is 8.65. The quantitative estimate of drug-likeness (QED) is 0.846.